The summed E-state index contributed by atoms with van der Waals surface area (Å²) >= 11 is 17.5. The number of carbonyl (C=O) groups is 1. The molecular weight excluding hydrogens is 499 g/mol. The Labute approximate surface area is 202 Å². The van der Waals surface area contributed by atoms with Gasteiger partial charge in [0.15, 0.2) is 12.0 Å². The van der Waals surface area contributed by atoms with Crippen molar-refractivity contribution in [3.63, 3.8) is 0 Å². The molecule has 33 heavy (non-hydrogen) atoms. The Hall–Kier alpha value is -2.09. The van der Waals surface area contributed by atoms with Crippen LogP contribution in [0.25, 0.3) is 0 Å². The average Bonchev–Trinajstić information content (AvgIpc) is 2.79. The van der Waals surface area contributed by atoms with E-state index in [-0.39, 0.29) is 10.9 Å². The number of rotatable bonds is 4. The number of pyridine rings is 1. The summed E-state index contributed by atoms with van der Waals surface area (Å²) in [5.41, 5.74) is 1.23. The van der Waals surface area contributed by atoms with Crippen molar-refractivity contribution < 1.29 is 39.4 Å². The Bertz CT molecular complexity index is 1070. The molecule has 4 N–H and O–H groups in total. The predicted molar refractivity (Wildman–Crippen MR) is 119 cm³/mol. The van der Waals surface area contributed by atoms with Gasteiger partial charge >= 0.3 is 5.97 Å². The molecule has 2 aromatic rings. The number of benzene rings is 1. The molecule has 13 heteroatoms. The Morgan fingerprint density at radius 2 is 1.94 bits per heavy atom. The number of anilines is 1. The van der Waals surface area contributed by atoms with Crippen LogP contribution >= 0.6 is 35.4 Å². The molecule has 1 fully saturated rings. The van der Waals surface area contributed by atoms with Crippen LogP contribution in [0.4, 0.5) is 5.69 Å². The highest BCUT2D eigenvalue weighted by Crippen LogP contribution is 2.37. The lowest BCUT2D eigenvalue weighted by atomic mass is 9.99. The van der Waals surface area contributed by atoms with Gasteiger partial charge in [0.05, 0.1) is 23.5 Å². The summed E-state index contributed by atoms with van der Waals surface area (Å²) < 4.78 is 15.7. The number of aliphatic hydroxyl groups excluding tert-OH is 4. The van der Waals surface area contributed by atoms with Crippen molar-refractivity contribution in [1.82, 2.24) is 4.98 Å². The van der Waals surface area contributed by atoms with E-state index >= 15 is 0 Å². The van der Waals surface area contributed by atoms with Crippen LogP contribution in [0.3, 0.4) is 0 Å². The molecule has 10 nitrogen and oxygen atoms in total. The zero-order chi connectivity index (χ0) is 23.9. The summed E-state index contributed by atoms with van der Waals surface area (Å²) in [6.07, 6.45) is -6.45. The average molecular weight is 517 g/mol. The first-order valence-corrected chi connectivity index (χ1v) is 10.8. The van der Waals surface area contributed by atoms with E-state index in [0.717, 1.165) is 5.56 Å². The van der Waals surface area contributed by atoms with E-state index in [0.29, 0.717) is 28.0 Å². The molecule has 0 radical (unpaired) electrons. The second-order valence-corrected chi connectivity index (χ2v) is 8.56. The van der Waals surface area contributed by atoms with E-state index in [9.17, 15) is 25.2 Å². The smallest absolute Gasteiger partial charge is 0.357 e. The molecule has 3 heterocycles. The maximum Gasteiger partial charge on any atom is 0.357 e. The van der Waals surface area contributed by atoms with Gasteiger partial charge in [0, 0.05) is 10.6 Å². The fourth-order valence-corrected chi connectivity index (χ4v) is 4.21. The molecule has 1 aromatic carbocycles. The van der Waals surface area contributed by atoms with Crippen LogP contribution in [-0.4, -0.2) is 73.9 Å². The number of carbonyl (C=O) groups excluding carboxylic acids is 1. The van der Waals surface area contributed by atoms with Crippen LogP contribution < -0.4 is 9.64 Å². The number of thiocarbonyl (C=S) groups is 1. The van der Waals surface area contributed by atoms with Gasteiger partial charge in [-0.05, 0) is 36.5 Å². The summed E-state index contributed by atoms with van der Waals surface area (Å²) in [6.45, 7) is -0.153. The minimum atomic E-state index is -1.73. The lowest BCUT2D eigenvalue weighted by Crippen LogP contribution is -2.58. The molecule has 4 rings (SSSR count). The predicted octanol–water partition coefficient (Wildman–Crippen LogP) is 1.03. The first-order valence-electron chi connectivity index (χ1n) is 9.64. The monoisotopic (exact) mass is 516 g/mol. The second kappa shape index (κ2) is 9.65. The minimum Gasteiger partial charge on any atom is -0.458 e. The topological polar surface area (TPSA) is 142 Å². The highest BCUT2D eigenvalue weighted by atomic mass is 35.5. The van der Waals surface area contributed by atoms with Gasteiger partial charge in [0.25, 0.3) is 5.17 Å². The standard InChI is InChI=1S/C20H18Cl2N2O8S/c21-9-3-8-6-24(20(33)32-17(8)11(22)4-9)10-1-2-12(23-5-10)18(28)30-7-13-14(25)15(26)16(27)19(29)31-13/h1-5,13-16,19,25-27,29H,6-7H2/t13-,14+,15+,16-,19+/m1/s1. The van der Waals surface area contributed by atoms with Crippen molar-refractivity contribution in [1.29, 1.82) is 0 Å². The van der Waals surface area contributed by atoms with Gasteiger partial charge in [-0.2, -0.15) is 0 Å². The first-order chi connectivity index (χ1) is 15.7. The molecule has 0 bridgehead atoms. The van der Waals surface area contributed by atoms with Crippen molar-refractivity contribution in [3.05, 3.63) is 51.8 Å². The van der Waals surface area contributed by atoms with Crippen molar-refractivity contribution in [3.8, 4) is 5.75 Å². The van der Waals surface area contributed by atoms with Crippen LogP contribution in [0, 0.1) is 0 Å². The Morgan fingerprint density at radius 3 is 2.64 bits per heavy atom. The van der Waals surface area contributed by atoms with Crippen molar-refractivity contribution >= 4 is 52.3 Å². The fourth-order valence-electron chi connectivity index (χ4n) is 3.39. The normalized spacial score (nSPS) is 27.0. The highest BCUT2D eigenvalue weighted by Gasteiger charge is 2.43. The van der Waals surface area contributed by atoms with Crippen LogP contribution in [0.15, 0.2) is 30.5 Å². The number of nitrogens with zero attached hydrogens (tertiary/aromatic N) is 2. The summed E-state index contributed by atoms with van der Waals surface area (Å²) in [5.74, 6) is -0.390. The van der Waals surface area contributed by atoms with E-state index in [2.05, 4.69) is 4.98 Å². The highest BCUT2D eigenvalue weighted by molar-refractivity contribution is 7.80. The van der Waals surface area contributed by atoms with E-state index in [4.69, 9.17) is 49.6 Å². The summed E-state index contributed by atoms with van der Waals surface area (Å²) in [6, 6.07) is 6.27. The lowest BCUT2D eigenvalue weighted by Gasteiger charge is -2.37. The number of aromatic nitrogens is 1. The maximum atomic E-state index is 12.3. The molecule has 5 atom stereocenters. The van der Waals surface area contributed by atoms with Gasteiger partial charge in [-0.3, -0.25) is 4.90 Å². The zero-order valence-corrected chi connectivity index (χ0v) is 19.0. The second-order valence-electron chi connectivity index (χ2n) is 7.37. The van der Waals surface area contributed by atoms with Crippen LogP contribution in [-0.2, 0) is 16.0 Å². The number of halogens is 2. The number of fused-ring (bicyclic) bond motifs is 1. The molecule has 2 aliphatic rings. The fraction of sp³-hybridized carbons (Fsp3) is 0.350. The number of ether oxygens (including phenoxy) is 3. The molecule has 176 valence electrons. The molecule has 0 amide bonds. The molecule has 0 spiro atoms. The Morgan fingerprint density at radius 1 is 1.18 bits per heavy atom. The van der Waals surface area contributed by atoms with Crippen LogP contribution in [0.5, 0.6) is 5.75 Å². The summed E-state index contributed by atoms with van der Waals surface area (Å²) in [5, 5.41) is 39.6. The SMILES string of the molecule is O=C(OC[C@H]1O[C@H](O)[C@H](O)[C@@H](O)[C@H]1O)c1ccc(N2Cc3cc(Cl)cc(Cl)c3OC2=S)cn1. The molecule has 2 aliphatic heterocycles. The Kier molecular flexibility index (Phi) is 7.03. The van der Waals surface area contributed by atoms with E-state index in [1.54, 1.807) is 23.1 Å². The van der Waals surface area contributed by atoms with Crippen LogP contribution in [0.1, 0.15) is 16.1 Å². The van der Waals surface area contributed by atoms with Crippen molar-refractivity contribution in [2.75, 3.05) is 11.5 Å². The molecular formula is C20H18Cl2N2O8S. The third-order valence-corrected chi connectivity index (χ3v) is 5.96. The summed E-state index contributed by atoms with van der Waals surface area (Å²) in [7, 11) is 0. The summed E-state index contributed by atoms with van der Waals surface area (Å²) in [4.78, 5) is 18.0. The van der Waals surface area contributed by atoms with Gasteiger partial charge < -0.3 is 34.6 Å². The molecule has 1 saturated heterocycles. The molecule has 1 aromatic heterocycles. The zero-order valence-electron chi connectivity index (χ0n) is 16.7. The van der Waals surface area contributed by atoms with Gasteiger partial charge in [-0.1, -0.05) is 23.2 Å². The van der Waals surface area contributed by atoms with Gasteiger partial charge in [-0.25, -0.2) is 9.78 Å². The maximum absolute atomic E-state index is 12.3. The quantitative estimate of drug-likeness (QED) is 0.341. The minimum absolute atomic E-state index is 0.0412. The molecule has 0 saturated carbocycles. The molecule has 0 unspecified atom stereocenters. The Balaban J connectivity index is 1.41. The number of aliphatic hydroxyl groups is 4. The van der Waals surface area contributed by atoms with E-state index in [1.165, 1.54) is 12.3 Å². The third-order valence-electron chi connectivity index (χ3n) is 5.16. The largest absolute Gasteiger partial charge is 0.458 e. The number of esters is 1. The third kappa shape index (κ3) is 4.91. The molecule has 0 aliphatic carbocycles. The van der Waals surface area contributed by atoms with E-state index in [1.807, 2.05) is 0 Å². The van der Waals surface area contributed by atoms with E-state index < -0.39 is 43.3 Å². The van der Waals surface area contributed by atoms with Crippen molar-refractivity contribution in [2.24, 2.45) is 0 Å². The van der Waals surface area contributed by atoms with Gasteiger partial charge in [-0.15, -0.1) is 0 Å². The number of hydrogen-bond donors (Lipinski definition) is 4. The van der Waals surface area contributed by atoms with Crippen molar-refractivity contribution in [2.45, 2.75) is 37.3 Å². The van der Waals surface area contributed by atoms with Gasteiger partial charge in [0.1, 0.15) is 36.7 Å². The first kappa shape index (κ1) is 24.0. The van der Waals surface area contributed by atoms with Crippen LogP contribution in [0.2, 0.25) is 10.0 Å². The lowest BCUT2D eigenvalue weighted by molar-refractivity contribution is -0.286. The van der Waals surface area contributed by atoms with Gasteiger partial charge in [0.2, 0.25) is 0 Å². The number of hydrogen-bond acceptors (Lipinski definition) is 10.